The van der Waals surface area contributed by atoms with Crippen molar-refractivity contribution in [2.75, 3.05) is 24.5 Å². The van der Waals surface area contributed by atoms with Crippen molar-refractivity contribution in [1.82, 2.24) is 30.8 Å². The first-order chi connectivity index (χ1) is 28.4. The van der Waals surface area contributed by atoms with Crippen molar-refractivity contribution in [3.63, 3.8) is 0 Å². The van der Waals surface area contributed by atoms with Gasteiger partial charge in [0.1, 0.15) is 47.2 Å². The molecule has 2 saturated carbocycles. The molecule has 3 aromatic rings. The van der Waals surface area contributed by atoms with Crippen LogP contribution in [0.1, 0.15) is 104 Å². The minimum absolute atomic E-state index is 0.0153. The van der Waals surface area contributed by atoms with E-state index in [1.165, 1.54) is 12.1 Å². The van der Waals surface area contributed by atoms with Crippen LogP contribution in [0.5, 0.6) is 11.5 Å². The number of hydrogen-bond donors (Lipinski definition) is 4. The van der Waals surface area contributed by atoms with Crippen LogP contribution in [0.3, 0.4) is 0 Å². The minimum Gasteiger partial charge on any atom is -0.490 e. The molecule has 0 bridgehead atoms. The molecule has 4 aliphatic rings. The van der Waals surface area contributed by atoms with Gasteiger partial charge in [0, 0.05) is 69.2 Å². The predicted octanol–water partition coefficient (Wildman–Crippen LogP) is 5.12. The maximum absolute atomic E-state index is 15.0. The zero-order chi connectivity index (χ0) is 41.6. The molecule has 2 saturated heterocycles. The number of rotatable bonds is 13. The summed E-state index contributed by atoms with van der Waals surface area (Å²) in [7, 11) is 0. The fraction of sp³-hybridized carbons (Fsp3) is 0.535. The standard InChI is InChI=1S/C43H52ClFN8O6/c1-25(2)53(29-17-33(18-29)59-32-9-10-34(36(45)20-32)41(55)50-37-11-12-40(54)51-42(37)56)24-26-13-15-52(16-14-26)39-23-47-38(22-48-39)43(57)49-28-4-7-30(8-5-28)58-31-6-3-27(21-46)35(44)19-31/h3,6,9-10,19-20,22-23,25-26,28-30,33,37,42,56H,4-5,7-8,11-18,24H2,1-2H3,(H,49,57)(H,50,55)(H,51,54). The first kappa shape index (κ1) is 42.1. The van der Waals surface area contributed by atoms with Crippen LogP contribution in [0, 0.1) is 23.1 Å². The number of halogens is 2. The highest BCUT2D eigenvalue weighted by Gasteiger charge is 2.38. The maximum Gasteiger partial charge on any atom is 0.271 e. The quantitative estimate of drug-likeness (QED) is 0.179. The van der Waals surface area contributed by atoms with Crippen LogP contribution in [0.25, 0.3) is 0 Å². The number of anilines is 1. The zero-order valence-electron chi connectivity index (χ0n) is 33.4. The lowest BCUT2D eigenvalue weighted by molar-refractivity contribution is -0.127. The fourth-order valence-corrected chi connectivity index (χ4v) is 8.71. The van der Waals surface area contributed by atoms with Gasteiger partial charge in [0.2, 0.25) is 5.91 Å². The van der Waals surface area contributed by atoms with E-state index in [4.69, 9.17) is 26.3 Å². The van der Waals surface area contributed by atoms with Gasteiger partial charge in [0.15, 0.2) is 0 Å². The van der Waals surface area contributed by atoms with Crippen molar-refractivity contribution < 1.29 is 33.4 Å². The summed E-state index contributed by atoms with van der Waals surface area (Å²) in [5, 5.41) is 27.6. The molecule has 3 amide bonds. The Kier molecular flexibility index (Phi) is 13.5. The third-order valence-electron chi connectivity index (χ3n) is 12.0. The van der Waals surface area contributed by atoms with E-state index in [1.807, 2.05) is 0 Å². The number of aliphatic hydroxyl groups excluding tert-OH is 1. The summed E-state index contributed by atoms with van der Waals surface area (Å²) in [6.45, 7) is 7.11. The molecule has 4 N–H and O–H groups in total. The number of carbonyl (C=O) groups excluding carboxylic acids is 3. The molecule has 2 aliphatic heterocycles. The predicted molar refractivity (Wildman–Crippen MR) is 218 cm³/mol. The number of carbonyl (C=O) groups is 3. The van der Waals surface area contributed by atoms with E-state index in [0.717, 1.165) is 76.8 Å². The molecule has 1 aromatic heterocycles. The summed E-state index contributed by atoms with van der Waals surface area (Å²) in [6, 6.07) is 11.4. The number of benzene rings is 2. The van der Waals surface area contributed by atoms with E-state index >= 15 is 0 Å². The Morgan fingerprint density at radius 1 is 0.983 bits per heavy atom. The zero-order valence-corrected chi connectivity index (χ0v) is 34.2. The first-order valence-electron chi connectivity index (χ1n) is 20.7. The molecule has 14 nitrogen and oxygen atoms in total. The highest BCUT2D eigenvalue weighted by molar-refractivity contribution is 6.31. The van der Waals surface area contributed by atoms with Gasteiger partial charge in [-0.25, -0.2) is 14.4 Å². The third kappa shape index (κ3) is 10.6. The highest BCUT2D eigenvalue weighted by Crippen LogP contribution is 2.34. The number of aliphatic hydroxyl groups is 1. The van der Waals surface area contributed by atoms with E-state index in [9.17, 15) is 23.9 Å². The molecule has 314 valence electrons. The molecule has 2 unspecified atom stereocenters. The average molecular weight is 831 g/mol. The molecule has 16 heteroatoms. The molecular formula is C43H52ClFN8O6. The summed E-state index contributed by atoms with van der Waals surface area (Å²) in [4.78, 5) is 51.0. The van der Waals surface area contributed by atoms with Gasteiger partial charge in [-0.15, -0.1) is 0 Å². The SMILES string of the molecule is CC(C)N(CC1CCN(c2cnc(C(=O)NC3CCC(Oc4ccc(C#N)c(Cl)c4)CC3)cn2)CC1)C1CC(Oc2ccc(C(=O)NC3CCC(=O)NC3O)c(F)c2)C1. The summed E-state index contributed by atoms with van der Waals surface area (Å²) < 4.78 is 27.2. The molecule has 0 radical (unpaired) electrons. The number of hydrogen-bond acceptors (Lipinski definition) is 11. The molecule has 0 spiro atoms. The Bertz CT molecular complexity index is 2010. The van der Waals surface area contributed by atoms with Crippen LogP contribution < -0.4 is 30.3 Å². The largest absolute Gasteiger partial charge is 0.490 e. The van der Waals surface area contributed by atoms with Crippen LogP contribution >= 0.6 is 11.6 Å². The molecule has 2 aliphatic carbocycles. The summed E-state index contributed by atoms with van der Waals surface area (Å²) in [6.07, 6.45) is 9.25. The second kappa shape index (κ2) is 18.9. The monoisotopic (exact) mass is 830 g/mol. The van der Waals surface area contributed by atoms with Gasteiger partial charge < -0.3 is 35.4 Å². The number of nitrogens with zero attached hydrogens (tertiary/aromatic N) is 5. The van der Waals surface area contributed by atoms with Gasteiger partial charge in [-0.05, 0) is 89.0 Å². The lowest BCUT2D eigenvalue weighted by Crippen LogP contribution is -2.55. The van der Waals surface area contributed by atoms with Crippen molar-refractivity contribution in [3.05, 3.63) is 76.5 Å². The van der Waals surface area contributed by atoms with E-state index in [0.29, 0.717) is 45.8 Å². The number of nitriles is 1. The van der Waals surface area contributed by atoms with Crippen molar-refractivity contribution in [3.8, 4) is 17.6 Å². The fourth-order valence-electron chi connectivity index (χ4n) is 8.49. The third-order valence-corrected chi connectivity index (χ3v) is 12.3. The van der Waals surface area contributed by atoms with Gasteiger partial charge in [-0.1, -0.05) is 11.6 Å². The van der Waals surface area contributed by atoms with E-state index in [1.54, 1.807) is 36.7 Å². The highest BCUT2D eigenvalue weighted by atomic mass is 35.5. The van der Waals surface area contributed by atoms with Gasteiger partial charge in [0.25, 0.3) is 11.8 Å². The number of piperidine rings is 2. The molecule has 3 heterocycles. The summed E-state index contributed by atoms with van der Waals surface area (Å²) >= 11 is 6.15. The van der Waals surface area contributed by atoms with Crippen LogP contribution in [-0.2, 0) is 4.79 Å². The number of ether oxygens (including phenoxy) is 2. The van der Waals surface area contributed by atoms with Crippen LogP contribution in [0.15, 0.2) is 48.8 Å². The Morgan fingerprint density at radius 2 is 1.69 bits per heavy atom. The Balaban J connectivity index is 0.810. The van der Waals surface area contributed by atoms with Crippen molar-refractivity contribution in [2.24, 2.45) is 5.92 Å². The van der Waals surface area contributed by atoms with Gasteiger partial charge >= 0.3 is 0 Å². The summed E-state index contributed by atoms with van der Waals surface area (Å²) in [5.41, 5.74) is 0.558. The average Bonchev–Trinajstić information content (AvgIpc) is 3.20. The molecule has 2 atom stereocenters. The normalized spacial score (nSPS) is 24.8. The molecular weight excluding hydrogens is 779 g/mol. The van der Waals surface area contributed by atoms with Crippen LogP contribution in [0.4, 0.5) is 10.2 Å². The topological polar surface area (TPSA) is 182 Å². The van der Waals surface area contributed by atoms with Crippen molar-refractivity contribution in [2.45, 2.75) is 121 Å². The molecule has 7 rings (SSSR count). The van der Waals surface area contributed by atoms with Crippen molar-refractivity contribution >= 4 is 35.1 Å². The Morgan fingerprint density at radius 3 is 2.34 bits per heavy atom. The van der Waals surface area contributed by atoms with E-state index in [2.05, 4.69) is 55.6 Å². The second-order valence-corrected chi connectivity index (χ2v) is 16.8. The van der Waals surface area contributed by atoms with Crippen molar-refractivity contribution in [1.29, 1.82) is 5.26 Å². The van der Waals surface area contributed by atoms with E-state index in [-0.39, 0.29) is 48.5 Å². The van der Waals surface area contributed by atoms with Crippen LogP contribution in [0.2, 0.25) is 5.02 Å². The van der Waals surface area contributed by atoms with Gasteiger partial charge in [-0.2, -0.15) is 5.26 Å². The molecule has 59 heavy (non-hydrogen) atoms. The smallest absolute Gasteiger partial charge is 0.271 e. The number of aromatic nitrogens is 2. The van der Waals surface area contributed by atoms with Gasteiger partial charge in [-0.3, -0.25) is 19.3 Å². The first-order valence-corrected chi connectivity index (χ1v) is 21.0. The second-order valence-electron chi connectivity index (χ2n) is 16.4. The number of nitrogens with one attached hydrogen (secondary N) is 3. The van der Waals surface area contributed by atoms with Gasteiger partial charge in [0.05, 0.1) is 40.7 Å². The molecule has 2 aromatic carbocycles. The molecule has 4 fully saturated rings. The Hall–Kier alpha value is -5.04. The lowest BCUT2D eigenvalue weighted by Gasteiger charge is -2.46. The number of amides is 3. The minimum atomic E-state index is -1.22. The van der Waals surface area contributed by atoms with Crippen LogP contribution in [-0.4, -0.2) is 99.9 Å². The maximum atomic E-state index is 15.0. The van der Waals surface area contributed by atoms with E-state index < -0.39 is 24.0 Å². The Labute approximate surface area is 348 Å². The summed E-state index contributed by atoms with van der Waals surface area (Å²) in [5.74, 6) is 0.398. The lowest BCUT2D eigenvalue weighted by atomic mass is 9.85.